The van der Waals surface area contributed by atoms with Crippen molar-refractivity contribution in [2.24, 2.45) is 0 Å². The van der Waals surface area contributed by atoms with Gasteiger partial charge < -0.3 is 9.80 Å². The Kier molecular flexibility index (Phi) is 5.14. The smallest absolute Gasteiger partial charge is 0.206 e. The molecule has 0 atom stereocenters. The highest BCUT2D eigenvalue weighted by molar-refractivity contribution is 7.91. The first-order valence-electron chi connectivity index (χ1n) is 9.72. The normalized spacial score (nSPS) is 18.5. The van der Waals surface area contributed by atoms with Gasteiger partial charge in [0.1, 0.15) is 0 Å². The summed E-state index contributed by atoms with van der Waals surface area (Å²) in [6.45, 7) is 6.33. The molecule has 150 valence electrons. The number of nitrogens with zero attached hydrogens (tertiary/aromatic N) is 2. The Balaban J connectivity index is 1.59. The van der Waals surface area contributed by atoms with Crippen LogP contribution < -0.4 is 4.90 Å². The van der Waals surface area contributed by atoms with Gasteiger partial charge in [0.25, 0.3) is 0 Å². The van der Waals surface area contributed by atoms with Crippen LogP contribution in [0.25, 0.3) is 0 Å². The van der Waals surface area contributed by atoms with Crippen LogP contribution in [0.1, 0.15) is 25.3 Å². The fraction of sp³-hybridized carbons (Fsp3) is 0.429. The molecule has 1 fully saturated rings. The van der Waals surface area contributed by atoms with E-state index in [1.165, 1.54) is 0 Å². The summed E-state index contributed by atoms with van der Waals surface area (Å²) >= 11 is 0. The predicted molar refractivity (Wildman–Crippen MR) is 104 cm³/mol. The average molecular weight is 406 g/mol. The van der Waals surface area contributed by atoms with Crippen molar-refractivity contribution in [1.82, 2.24) is 4.90 Å². The van der Waals surface area contributed by atoms with Crippen molar-refractivity contribution in [3.8, 4) is 0 Å². The van der Waals surface area contributed by atoms with Gasteiger partial charge in [-0.2, -0.15) is 0 Å². The van der Waals surface area contributed by atoms with Gasteiger partial charge in [-0.15, -0.1) is 0 Å². The number of anilines is 1. The Hall–Kier alpha value is -1.99. The van der Waals surface area contributed by atoms with E-state index < -0.39 is 21.5 Å². The topological polar surface area (TPSA) is 40.6 Å². The molecule has 0 aliphatic carbocycles. The molecular formula is C21H24F2N2O2S. The fourth-order valence-corrected chi connectivity index (χ4v) is 5.60. The van der Waals surface area contributed by atoms with Gasteiger partial charge in [0.15, 0.2) is 11.6 Å². The summed E-state index contributed by atoms with van der Waals surface area (Å²) in [6, 6.07) is 8.31. The lowest BCUT2D eigenvalue weighted by atomic mass is 10.0. The SMILES string of the molecule is CCN1CCC(N2CCc3cc(S(=O)(=O)c4ccc(F)c(F)c4)ccc32)CC1. The number of sulfone groups is 1. The highest BCUT2D eigenvalue weighted by atomic mass is 32.2. The minimum Gasteiger partial charge on any atom is -0.368 e. The van der Waals surface area contributed by atoms with Crippen LogP contribution in [-0.4, -0.2) is 45.5 Å². The van der Waals surface area contributed by atoms with E-state index in [1.807, 2.05) is 6.07 Å². The summed E-state index contributed by atoms with van der Waals surface area (Å²) in [4.78, 5) is 4.74. The van der Waals surface area contributed by atoms with Gasteiger partial charge in [-0.3, -0.25) is 0 Å². The van der Waals surface area contributed by atoms with Gasteiger partial charge in [-0.25, -0.2) is 17.2 Å². The first-order valence-corrected chi connectivity index (χ1v) is 11.2. The molecule has 0 unspecified atom stereocenters. The Morgan fingerprint density at radius 3 is 2.32 bits per heavy atom. The van der Waals surface area contributed by atoms with Crippen LogP contribution in [0.4, 0.5) is 14.5 Å². The lowest BCUT2D eigenvalue weighted by Crippen LogP contribution is -2.44. The first kappa shape index (κ1) is 19.3. The standard InChI is InChI=1S/C21H24F2N2O2S/c1-2-24-10-8-16(9-11-24)25-12-7-15-13-17(4-6-21(15)25)28(26,27)18-3-5-19(22)20(23)14-18/h3-6,13-14,16H,2,7-12H2,1H3. The molecule has 0 aromatic heterocycles. The minimum atomic E-state index is -3.88. The quantitative estimate of drug-likeness (QED) is 0.727. The largest absolute Gasteiger partial charge is 0.368 e. The number of hydrogen-bond donors (Lipinski definition) is 0. The molecule has 2 aliphatic heterocycles. The number of fused-ring (bicyclic) bond motifs is 1. The van der Waals surface area contributed by atoms with Gasteiger partial charge in [-0.05, 0) is 67.8 Å². The summed E-state index contributed by atoms with van der Waals surface area (Å²) in [5, 5.41) is 0. The van der Waals surface area contributed by atoms with Crippen molar-refractivity contribution in [2.75, 3.05) is 31.1 Å². The molecule has 0 radical (unpaired) electrons. The summed E-state index contributed by atoms with van der Waals surface area (Å²) < 4.78 is 52.3. The van der Waals surface area contributed by atoms with E-state index in [9.17, 15) is 17.2 Å². The minimum absolute atomic E-state index is 0.125. The average Bonchev–Trinajstić information content (AvgIpc) is 3.13. The van der Waals surface area contributed by atoms with Gasteiger partial charge in [0.2, 0.25) is 9.84 Å². The third-order valence-electron chi connectivity index (χ3n) is 5.94. The van der Waals surface area contributed by atoms with Gasteiger partial charge in [0.05, 0.1) is 9.79 Å². The molecule has 4 rings (SSSR count). The number of rotatable bonds is 4. The zero-order chi connectivity index (χ0) is 19.9. The van der Waals surface area contributed by atoms with Gasteiger partial charge in [0, 0.05) is 31.4 Å². The van der Waals surface area contributed by atoms with Crippen LogP contribution >= 0.6 is 0 Å². The van der Waals surface area contributed by atoms with Crippen LogP contribution in [0.3, 0.4) is 0 Å². The van der Waals surface area contributed by atoms with Crippen molar-refractivity contribution in [2.45, 2.75) is 42.0 Å². The molecule has 1 saturated heterocycles. The van der Waals surface area contributed by atoms with E-state index in [0.717, 1.165) is 74.9 Å². The Morgan fingerprint density at radius 2 is 1.64 bits per heavy atom. The molecule has 2 aromatic rings. The van der Waals surface area contributed by atoms with Crippen molar-refractivity contribution < 1.29 is 17.2 Å². The maximum absolute atomic E-state index is 13.5. The van der Waals surface area contributed by atoms with E-state index in [1.54, 1.807) is 12.1 Å². The molecule has 2 aliphatic rings. The molecular weight excluding hydrogens is 382 g/mol. The van der Waals surface area contributed by atoms with E-state index in [4.69, 9.17) is 0 Å². The molecule has 7 heteroatoms. The summed E-state index contributed by atoms with van der Waals surface area (Å²) in [5.41, 5.74) is 2.10. The molecule has 2 heterocycles. The molecule has 0 saturated carbocycles. The van der Waals surface area contributed by atoms with E-state index in [2.05, 4.69) is 16.7 Å². The van der Waals surface area contributed by atoms with E-state index in [0.29, 0.717) is 6.04 Å². The van der Waals surface area contributed by atoms with Crippen LogP contribution in [0, 0.1) is 11.6 Å². The highest BCUT2D eigenvalue weighted by Crippen LogP contribution is 2.35. The summed E-state index contributed by atoms with van der Waals surface area (Å²) in [7, 11) is -3.88. The molecule has 0 N–H and O–H groups in total. The van der Waals surface area contributed by atoms with Gasteiger partial charge in [-0.1, -0.05) is 6.92 Å². The second kappa shape index (κ2) is 7.44. The van der Waals surface area contributed by atoms with Crippen molar-refractivity contribution in [3.63, 3.8) is 0 Å². The van der Waals surface area contributed by atoms with Crippen molar-refractivity contribution >= 4 is 15.5 Å². The van der Waals surface area contributed by atoms with Crippen LogP contribution in [0.15, 0.2) is 46.2 Å². The molecule has 28 heavy (non-hydrogen) atoms. The van der Waals surface area contributed by atoms with Crippen LogP contribution in [-0.2, 0) is 16.3 Å². The van der Waals surface area contributed by atoms with Crippen LogP contribution in [0.2, 0.25) is 0 Å². The Bertz CT molecular complexity index is 986. The van der Waals surface area contributed by atoms with Crippen molar-refractivity contribution in [1.29, 1.82) is 0 Å². The third-order valence-corrected chi connectivity index (χ3v) is 7.69. The number of hydrogen-bond acceptors (Lipinski definition) is 4. The number of benzene rings is 2. The molecule has 2 aromatic carbocycles. The molecule has 0 amide bonds. The zero-order valence-corrected chi connectivity index (χ0v) is 16.7. The highest BCUT2D eigenvalue weighted by Gasteiger charge is 2.30. The number of piperidine rings is 1. The maximum atomic E-state index is 13.5. The van der Waals surface area contributed by atoms with E-state index >= 15 is 0 Å². The molecule has 0 bridgehead atoms. The number of halogens is 2. The molecule has 4 nitrogen and oxygen atoms in total. The maximum Gasteiger partial charge on any atom is 0.206 e. The monoisotopic (exact) mass is 406 g/mol. The summed E-state index contributed by atoms with van der Waals surface area (Å²) in [5.74, 6) is -2.22. The zero-order valence-electron chi connectivity index (χ0n) is 15.9. The fourth-order valence-electron chi connectivity index (χ4n) is 4.28. The Morgan fingerprint density at radius 1 is 0.964 bits per heavy atom. The molecule has 0 spiro atoms. The third kappa shape index (κ3) is 3.42. The van der Waals surface area contributed by atoms with Crippen LogP contribution in [0.5, 0.6) is 0 Å². The Labute approximate surface area is 164 Å². The second-order valence-corrected chi connectivity index (χ2v) is 9.43. The van der Waals surface area contributed by atoms with Gasteiger partial charge >= 0.3 is 0 Å². The second-order valence-electron chi connectivity index (χ2n) is 7.48. The number of likely N-dealkylation sites (tertiary alicyclic amines) is 1. The van der Waals surface area contributed by atoms with E-state index in [-0.39, 0.29) is 9.79 Å². The first-order chi connectivity index (χ1) is 13.4. The van der Waals surface area contributed by atoms with Crippen molar-refractivity contribution in [3.05, 3.63) is 53.6 Å². The lowest BCUT2D eigenvalue weighted by molar-refractivity contribution is 0.219. The summed E-state index contributed by atoms with van der Waals surface area (Å²) in [6.07, 6.45) is 3.02. The predicted octanol–water partition coefficient (Wildman–Crippen LogP) is 3.64. The lowest BCUT2D eigenvalue weighted by Gasteiger charge is -2.37.